The minimum atomic E-state index is 0. The number of oxazole rings is 1. The number of aromatic nitrogens is 1. The number of hydrogen-bond acceptors (Lipinski definition) is 5. The first kappa shape index (κ1) is 20.9. The number of fused-ring (bicyclic) bond motifs is 4. The number of hydrogen-bond donors (Lipinski definition) is 0. The zero-order valence-corrected chi connectivity index (χ0v) is 18.3. The zero-order chi connectivity index (χ0) is 20.0. The molecule has 2 heterocycles. The van der Waals surface area contributed by atoms with Gasteiger partial charge in [0.1, 0.15) is 6.26 Å². The molecule has 1 aromatic carbocycles. The lowest BCUT2D eigenvalue weighted by atomic mass is 9.81. The Morgan fingerprint density at radius 1 is 1.23 bits per heavy atom. The van der Waals surface area contributed by atoms with Gasteiger partial charge in [0, 0.05) is 42.3 Å². The molecule has 1 aromatic heterocycles. The highest BCUT2D eigenvalue weighted by Gasteiger charge is 2.44. The molecule has 1 aliphatic heterocycles. The summed E-state index contributed by atoms with van der Waals surface area (Å²) in [6.07, 6.45) is 9.15. The molecular weight excluding hydrogens is 398 g/mol. The third kappa shape index (κ3) is 3.30. The first-order valence-electron chi connectivity index (χ1n) is 10.7. The van der Waals surface area contributed by atoms with E-state index >= 15 is 0 Å². The summed E-state index contributed by atoms with van der Waals surface area (Å²) >= 11 is 0. The van der Waals surface area contributed by atoms with Gasteiger partial charge in [0.2, 0.25) is 5.89 Å². The third-order valence-corrected chi connectivity index (χ3v) is 6.71. The van der Waals surface area contributed by atoms with E-state index in [9.17, 15) is 4.79 Å². The van der Waals surface area contributed by atoms with E-state index in [0.717, 1.165) is 43.7 Å². The predicted molar refractivity (Wildman–Crippen MR) is 121 cm³/mol. The van der Waals surface area contributed by atoms with Crippen LogP contribution < -0.4 is 4.90 Å². The topological polar surface area (TPSA) is 49.6 Å². The van der Waals surface area contributed by atoms with E-state index in [1.807, 2.05) is 0 Å². The van der Waals surface area contributed by atoms with Crippen molar-refractivity contribution in [2.24, 2.45) is 0 Å². The van der Waals surface area contributed by atoms with Crippen LogP contribution in [-0.2, 0) is 4.79 Å². The van der Waals surface area contributed by atoms with Crippen LogP contribution in [0.5, 0.6) is 0 Å². The molecule has 5 nitrogen and oxygen atoms in total. The molecule has 0 radical (unpaired) electrons. The fourth-order valence-electron chi connectivity index (χ4n) is 5.17. The van der Waals surface area contributed by atoms with Gasteiger partial charge in [-0.05, 0) is 48.8 Å². The first-order valence-corrected chi connectivity index (χ1v) is 10.7. The zero-order valence-electron chi connectivity index (χ0n) is 17.5. The Hall–Kier alpha value is -2.37. The number of rotatable bonds is 6. The van der Waals surface area contributed by atoms with Crippen LogP contribution in [0.4, 0.5) is 5.69 Å². The Kier molecular flexibility index (Phi) is 5.85. The number of nitrogens with zero attached hydrogens (tertiary/aromatic N) is 3. The van der Waals surface area contributed by atoms with E-state index in [1.165, 1.54) is 16.8 Å². The van der Waals surface area contributed by atoms with Gasteiger partial charge in [0.05, 0.1) is 12.2 Å². The highest BCUT2D eigenvalue weighted by molar-refractivity contribution is 6.02. The SMILES string of the molecule is CCN(CC)CCN1c2ccc(-c3ncco3)cc2C2C3=C(C=CC21)C(=O)CC3.Cl. The van der Waals surface area contributed by atoms with Gasteiger partial charge in [-0.2, -0.15) is 0 Å². The molecule has 0 saturated heterocycles. The van der Waals surface area contributed by atoms with Gasteiger partial charge in [-0.1, -0.05) is 26.0 Å². The van der Waals surface area contributed by atoms with Crippen LogP contribution in [0.15, 0.2) is 58.4 Å². The van der Waals surface area contributed by atoms with Crippen LogP contribution in [0, 0.1) is 0 Å². The Morgan fingerprint density at radius 3 is 2.80 bits per heavy atom. The van der Waals surface area contributed by atoms with E-state index in [-0.39, 0.29) is 24.4 Å². The summed E-state index contributed by atoms with van der Waals surface area (Å²) in [6.45, 7) is 8.58. The van der Waals surface area contributed by atoms with Crippen molar-refractivity contribution in [2.45, 2.75) is 38.6 Å². The average Bonchev–Trinajstić information content (AvgIpc) is 3.47. The smallest absolute Gasteiger partial charge is 0.225 e. The predicted octanol–water partition coefficient (Wildman–Crippen LogP) is 4.61. The number of Topliss-reactive ketones (excluding diaryl/α,β-unsaturated/α-hetero) is 1. The standard InChI is InChI=1S/C24H27N3O2.ClH/c1-3-26(4-2)12-13-27-20-8-5-16(24-25-11-14-29-24)15-19(20)23-18-7-10-22(28)17(18)6-9-21(23)27;/h5-6,8-9,11,14-15,21,23H,3-4,7,10,12-13H2,1-2H3;1H. The average molecular weight is 426 g/mol. The lowest BCUT2D eigenvalue weighted by Crippen LogP contribution is -2.40. The molecule has 2 aliphatic carbocycles. The summed E-state index contributed by atoms with van der Waals surface area (Å²) in [5, 5.41) is 0. The largest absolute Gasteiger partial charge is 0.445 e. The number of halogens is 1. The number of likely N-dealkylation sites (N-methyl/N-ethyl adjacent to an activating group) is 1. The molecule has 0 fully saturated rings. The Labute approximate surface area is 183 Å². The monoisotopic (exact) mass is 425 g/mol. The van der Waals surface area contributed by atoms with E-state index in [0.29, 0.717) is 18.1 Å². The first-order chi connectivity index (χ1) is 14.2. The minimum absolute atomic E-state index is 0. The van der Waals surface area contributed by atoms with Crippen molar-refractivity contribution in [3.63, 3.8) is 0 Å². The summed E-state index contributed by atoms with van der Waals surface area (Å²) in [5.41, 5.74) is 5.85. The Morgan fingerprint density at radius 2 is 2.07 bits per heavy atom. The molecule has 2 unspecified atom stereocenters. The van der Waals surface area contributed by atoms with Gasteiger partial charge in [-0.3, -0.25) is 4.79 Å². The molecular formula is C24H28ClN3O2. The number of carbonyl (C=O) groups excluding carboxylic acids is 1. The number of allylic oxidation sites excluding steroid dienone is 2. The van der Waals surface area contributed by atoms with E-state index in [2.05, 4.69) is 59.0 Å². The Bertz CT molecular complexity index is 992. The van der Waals surface area contributed by atoms with E-state index in [1.54, 1.807) is 12.5 Å². The molecule has 3 aliphatic rings. The molecule has 5 rings (SSSR count). The van der Waals surface area contributed by atoms with Gasteiger partial charge in [-0.25, -0.2) is 4.98 Å². The number of carbonyl (C=O) groups is 1. The van der Waals surface area contributed by atoms with Crippen LogP contribution in [0.25, 0.3) is 11.5 Å². The van der Waals surface area contributed by atoms with Crippen molar-refractivity contribution < 1.29 is 9.21 Å². The van der Waals surface area contributed by atoms with Crippen molar-refractivity contribution in [1.82, 2.24) is 9.88 Å². The second kappa shape index (κ2) is 8.40. The number of ketones is 1. The maximum atomic E-state index is 12.4. The van der Waals surface area contributed by atoms with Crippen LogP contribution >= 0.6 is 12.4 Å². The van der Waals surface area contributed by atoms with Crippen molar-refractivity contribution in [2.75, 3.05) is 31.1 Å². The third-order valence-electron chi connectivity index (χ3n) is 6.71. The highest BCUT2D eigenvalue weighted by atomic mass is 35.5. The molecule has 0 saturated carbocycles. The maximum Gasteiger partial charge on any atom is 0.225 e. The van der Waals surface area contributed by atoms with Gasteiger partial charge in [0.15, 0.2) is 5.78 Å². The van der Waals surface area contributed by atoms with Crippen molar-refractivity contribution in [3.05, 3.63) is 59.5 Å². The summed E-state index contributed by atoms with van der Waals surface area (Å²) < 4.78 is 5.54. The fourth-order valence-corrected chi connectivity index (χ4v) is 5.17. The highest BCUT2D eigenvalue weighted by Crippen LogP contribution is 2.51. The molecule has 2 atom stereocenters. The lowest BCUT2D eigenvalue weighted by Gasteiger charge is -2.32. The van der Waals surface area contributed by atoms with Crippen molar-refractivity contribution in [1.29, 1.82) is 0 Å². The number of benzene rings is 1. The Balaban J connectivity index is 0.00000218. The fraction of sp³-hybridized carbons (Fsp3) is 0.417. The van der Waals surface area contributed by atoms with E-state index < -0.39 is 0 Å². The van der Waals surface area contributed by atoms with Gasteiger partial charge >= 0.3 is 0 Å². The molecule has 158 valence electrons. The lowest BCUT2D eigenvalue weighted by molar-refractivity contribution is -0.114. The summed E-state index contributed by atoms with van der Waals surface area (Å²) in [4.78, 5) is 21.7. The maximum absolute atomic E-state index is 12.4. The molecule has 2 aromatic rings. The van der Waals surface area contributed by atoms with Gasteiger partial charge in [-0.15, -0.1) is 12.4 Å². The second-order valence-electron chi connectivity index (χ2n) is 8.02. The second-order valence-corrected chi connectivity index (χ2v) is 8.02. The van der Waals surface area contributed by atoms with Gasteiger partial charge in [0.25, 0.3) is 0 Å². The summed E-state index contributed by atoms with van der Waals surface area (Å²) in [7, 11) is 0. The summed E-state index contributed by atoms with van der Waals surface area (Å²) in [5.74, 6) is 1.19. The molecule has 0 N–H and O–H groups in total. The van der Waals surface area contributed by atoms with E-state index in [4.69, 9.17) is 4.42 Å². The van der Waals surface area contributed by atoms with Crippen molar-refractivity contribution >= 4 is 23.9 Å². The van der Waals surface area contributed by atoms with Crippen LogP contribution in [-0.4, -0.2) is 47.9 Å². The molecule has 0 bridgehead atoms. The molecule has 0 amide bonds. The molecule has 30 heavy (non-hydrogen) atoms. The van der Waals surface area contributed by atoms with Crippen LogP contribution in [0.3, 0.4) is 0 Å². The quantitative estimate of drug-likeness (QED) is 0.676. The normalized spacial score (nSPS) is 21.7. The summed E-state index contributed by atoms with van der Waals surface area (Å²) in [6, 6.07) is 6.82. The van der Waals surface area contributed by atoms with Crippen molar-refractivity contribution in [3.8, 4) is 11.5 Å². The van der Waals surface area contributed by atoms with Crippen LogP contribution in [0.2, 0.25) is 0 Å². The van der Waals surface area contributed by atoms with Crippen LogP contribution in [0.1, 0.15) is 38.2 Å². The molecule has 6 heteroatoms. The molecule has 0 spiro atoms. The minimum Gasteiger partial charge on any atom is -0.445 e. The van der Waals surface area contributed by atoms with Gasteiger partial charge < -0.3 is 14.2 Å². The number of anilines is 1.